The second-order valence-corrected chi connectivity index (χ2v) is 3.33. The van der Waals surface area contributed by atoms with E-state index in [0.29, 0.717) is 5.56 Å². The van der Waals surface area contributed by atoms with Gasteiger partial charge in [0.05, 0.1) is 6.61 Å². The monoisotopic (exact) mass is 180 g/mol. The van der Waals surface area contributed by atoms with E-state index in [1.165, 1.54) is 0 Å². The summed E-state index contributed by atoms with van der Waals surface area (Å²) >= 11 is 0. The molecule has 1 unspecified atom stereocenters. The molecule has 1 heterocycles. The first kappa shape index (κ1) is 8.38. The smallest absolute Gasteiger partial charge is 0.123 e. The molecule has 0 spiro atoms. The SMILES string of the molecule is CC1Cc2c(ccc(O)c2CO)O1. The number of rotatable bonds is 1. The van der Waals surface area contributed by atoms with Gasteiger partial charge in [0.1, 0.15) is 17.6 Å². The van der Waals surface area contributed by atoms with Crippen LogP contribution in [-0.4, -0.2) is 16.3 Å². The average molecular weight is 180 g/mol. The Morgan fingerprint density at radius 2 is 2.31 bits per heavy atom. The van der Waals surface area contributed by atoms with Gasteiger partial charge in [0.15, 0.2) is 0 Å². The lowest BCUT2D eigenvalue weighted by Gasteiger charge is -2.05. The van der Waals surface area contributed by atoms with Gasteiger partial charge in [-0.15, -0.1) is 0 Å². The first-order valence-electron chi connectivity index (χ1n) is 4.33. The summed E-state index contributed by atoms with van der Waals surface area (Å²) in [5.74, 6) is 0.938. The fourth-order valence-electron chi connectivity index (χ4n) is 1.72. The molecule has 2 rings (SSSR count). The maximum atomic E-state index is 9.45. The third-order valence-electron chi connectivity index (χ3n) is 2.34. The van der Waals surface area contributed by atoms with Crippen molar-refractivity contribution in [1.29, 1.82) is 0 Å². The van der Waals surface area contributed by atoms with E-state index in [0.717, 1.165) is 17.7 Å². The molecule has 0 radical (unpaired) electrons. The largest absolute Gasteiger partial charge is 0.508 e. The fourth-order valence-corrected chi connectivity index (χ4v) is 1.72. The topological polar surface area (TPSA) is 49.7 Å². The van der Waals surface area contributed by atoms with Crippen LogP contribution in [0.2, 0.25) is 0 Å². The van der Waals surface area contributed by atoms with Gasteiger partial charge in [-0.1, -0.05) is 0 Å². The summed E-state index contributed by atoms with van der Waals surface area (Å²) in [5, 5.41) is 18.5. The summed E-state index contributed by atoms with van der Waals surface area (Å²) in [6.45, 7) is 1.84. The lowest BCUT2D eigenvalue weighted by atomic mass is 10.0. The second-order valence-electron chi connectivity index (χ2n) is 3.33. The van der Waals surface area contributed by atoms with Crippen molar-refractivity contribution in [3.63, 3.8) is 0 Å². The number of hydrogen-bond donors (Lipinski definition) is 2. The van der Waals surface area contributed by atoms with Crippen LogP contribution < -0.4 is 4.74 Å². The molecule has 0 aromatic heterocycles. The predicted molar refractivity (Wildman–Crippen MR) is 47.8 cm³/mol. The zero-order valence-electron chi connectivity index (χ0n) is 7.45. The molecule has 13 heavy (non-hydrogen) atoms. The van der Waals surface area contributed by atoms with Gasteiger partial charge in [0.2, 0.25) is 0 Å². The van der Waals surface area contributed by atoms with Crippen LogP contribution >= 0.6 is 0 Å². The third-order valence-corrected chi connectivity index (χ3v) is 2.34. The van der Waals surface area contributed by atoms with Crippen LogP contribution in [0.15, 0.2) is 12.1 Å². The Morgan fingerprint density at radius 1 is 1.54 bits per heavy atom. The van der Waals surface area contributed by atoms with Crippen LogP contribution in [0.25, 0.3) is 0 Å². The molecule has 0 saturated heterocycles. The van der Waals surface area contributed by atoms with Crippen LogP contribution in [0.3, 0.4) is 0 Å². The summed E-state index contributed by atoms with van der Waals surface area (Å²) in [7, 11) is 0. The Hall–Kier alpha value is -1.22. The van der Waals surface area contributed by atoms with Gasteiger partial charge in [-0.3, -0.25) is 0 Å². The summed E-state index contributed by atoms with van der Waals surface area (Å²) < 4.78 is 5.48. The van der Waals surface area contributed by atoms with Crippen molar-refractivity contribution in [3.8, 4) is 11.5 Å². The van der Waals surface area contributed by atoms with Gasteiger partial charge < -0.3 is 14.9 Å². The normalized spacial score (nSPS) is 19.7. The molecule has 0 fully saturated rings. The summed E-state index contributed by atoms with van der Waals surface area (Å²) in [4.78, 5) is 0. The van der Waals surface area contributed by atoms with Crippen molar-refractivity contribution in [2.24, 2.45) is 0 Å². The molecule has 0 bridgehead atoms. The maximum absolute atomic E-state index is 9.45. The van der Waals surface area contributed by atoms with Crippen molar-refractivity contribution in [1.82, 2.24) is 0 Å². The van der Waals surface area contributed by atoms with E-state index in [1.807, 2.05) is 6.92 Å². The third kappa shape index (κ3) is 1.25. The van der Waals surface area contributed by atoms with Gasteiger partial charge >= 0.3 is 0 Å². The molecule has 0 saturated carbocycles. The molecule has 1 aromatic rings. The van der Waals surface area contributed by atoms with Crippen LogP contribution in [0.1, 0.15) is 18.1 Å². The van der Waals surface area contributed by atoms with E-state index in [1.54, 1.807) is 12.1 Å². The number of hydrogen-bond acceptors (Lipinski definition) is 3. The lowest BCUT2D eigenvalue weighted by molar-refractivity contribution is 0.254. The Labute approximate surface area is 76.6 Å². The Morgan fingerprint density at radius 3 is 3.00 bits per heavy atom. The first-order chi connectivity index (χ1) is 6.22. The molecule has 3 heteroatoms. The summed E-state index contributed by atoms with van der Waals surface area (Å²) in [6, 6.07) is 3.30. The van der Waals surface area contributed by atoms with Crippen LogP contribution in [0.4, 0.5) is 0 Å². The van der Waals surface area contributed by atoms with Gasteiger partial charge in [-0.05, 0) is 19.1 Å². The van der Waals surface area contributed by atoms with Gasteiger partial charge in [-0.25, -0.2) is 0 Å². The van der Waals surface area contributed by atoms with E-state index < -0.39 is 0 Å². The van der Waals surface area contributed by atoms with Crippen molar-refractivity contribution in [2.45, 2.75) is 26.1 Å². The second kappa shape index (κ2) is 2.92. The first-order valence-corrected chi connectivity index (χ1v) is 4.33. The highest BCUT2D eigenvalue weighted by Crippen LogP contribution is 2.35. The molecule has 3 nitrogen and oxygen atoms in total. The molecule has 0 amide bonds. The summed E-state index contributed by atoms with van der Waals surface area (Å²) in [5.41, 5.74) is 1.54. The standard InChI is InChI=1S/C10H12O3/c1-6-4-7-8(5-11)9(12)2-3-10(7)13-6/h2-3,6,11-12H,4-5H2,1H3. The number of aliphatic hydroxyl groups excluding tert-OH is 1. The van der Waals surface area contributed by atoms with E-state index in [2.05, 4.69) is 0 Å². The van der Waals surface area contributed by atoms with Crippen LogP contribution in [-0.2, 0) is 13.0 Å². The van der Waals surface area contributed by atoms with E-state index in [9.17, 15) is 5.11 Å². The molecule has 0 aliphatic carbocycles. The van der Waals surface area contributed by atoms with Crippen molar-refractivity contribution >= 4 is 0 Å². The number of aromatic hydroxyl groups is 1. The molecular formula is C10H12O3. The quantitative estimate of drug-likeness (QED) is 0.683. The summed E-state index contributed by atoms with van der Waals surface area (Å²) in [6.07, 6.45) is 0.904. The molecule has 2 N–H and O–H groups in total. The van der Waals surface area contributed by atoms with Gasteiger partial charge in [0, 0.05) is 17.5 Å². The number of ether oxygens (including phenoxy) is 1. The minimum absolute atomic E-state index is 0.134. The number of phenols is 1. The maximum Gasteiger partial charge on any atom is 0.123 e. The molecule has 70 valence electrons. The van der Waals surface area contributed by atoms with Gasteiger partial charge in [0.25, 0.3) is 0 Å². The average Bonchev–Trinajstić information content (AvgIpc) is 2.45. The Balaban J connectivity index is 2.52. The highest BCUT2D eigenvalue weighted by molar-refractivity contribution is 5.50. The zero-order chi connectivity index (χ0) is 9.42. The molecular weight excluding hydrogens is 168 g/mol. The van der Waals surface area contributed by atoms with E-state index >= 15 is 0 Å². The van der Waals surface area contributed by atoms with Crippen molar-refractivity contribution < 1.29 is 14.9 Å². The highest BCUT2D eigenvalue weighted by atomic mass is 16.5. The Kier molecular flexibility index (Phi) is 1.88. The molecule has 1 aliphatic rings. The zero-order valence-corrected chi connectivity index (χ0v) is 7.45. The van der Waals surface area contributed by atoms with Crippen molar-refractivity contribution in [3.05, 3.63) is 23.3 Å². The van der Waals surface area contributed by atoms with Crippen LogP contribution in [0.5, 0.6) is 11.5 Å². The van der Waals surface area contributed by atoms with Crippen molar-refractivity contribution in [2.75, 3.05) is 0 Å². The van der Waals surface area contributed by atoms with E-state index in [4.69, 9.17) is 9.84 Å². The molecule has 1 aromatic carbocycles. The highest BCUT2D eigenvalue weighted by Gasteiger charge is 2.23. The minimum Gasteiger partial charge on any atom is -0.508 e. The molecule has 1 aliphatic heterocycles. The fraction of sp³-hybridized carbons (Fsp3) is 0.400. The number of benzene rings is 1. The molecule has 1 atom stereocenters. The minimum atomic E-state index is -0.134. The number of aliphatic hydroxyl groups is 1. The number of fused-ring (bicyclic) bond motifs is 1. The Bertz CT molecular complexity index is 333. The lowest BCUT2D eigenvalue weighted by Crippen LogP contribution is -2.05. The van der Waals surface area contributed by atoms with E-state index in [-0.39, 0.29) is 18.5 Å². The van der Waals surface area contributed by atoms with Gasteiger partial charge in [-0.2, -0.15) is 0 Å². The van der Waals surface area contributed by atoms with Crippen LogP contribution in [0, 0.1) is 0 Å². The predicted octanol–water partition coefficient (Wildman–Crippen LogP) is 1.21.